The highest BCUT2D eigenvalue weighted by atomic mass is 32.1. The summed E-state index contributed by atoms with van der Waals surface area (Å²) in [5.74, 6) is -0.302. The summed E-state index contributed by atoms with van der Waals surface area (Å²) < 4.78 is 14.1. The molecular formula is C15H18FNOS. The third-order valence-corrected chi connectivity index (χ3v) is 4.40. The highest BCUT2D eigenvalue weighted by molar-refractivity contribution is 7.10. The molecule has 0 amide bonds. The van der Waals surface area contributed by atoms with Gasteiger partial charge in [0.2, 0.25) is 0 Å². The van der Waals surface area contributed by atoms with E-state index in [1.807, 2.05) is 36.4 Å². The minimum atomic E-state index is -0.691. The molecule has 2 rings (SSSR count). The molecule has 1 N–H and O–H groups in total. The Bertz CT molecular complexity index is 539. The van der Waals surface area contributed by atoms with E-state index in [9.17, 15) is 9.50 Å². The lowest BCUT2D eigenvalue weighted by Crippen LogP contribution is -2.23. The zero-order valence-electron chi connectivity index (χ0n) is 11.3. The molecule has 0 aliphatic heterocycles. The first kappa shape index (κ1) is 14.0. The summed E-state index contributed by atoms with van der Waals surface area (Å²) in [7, 11) is 1.86. The maximum Gasteiger partial charge on any atom is 0.146 e. The first-order valence-corrected chi connectivity index (χ1v) is 7.13. The number of aliphatic hydroxyl groups excluding tert-OH is 1. The van der Waals surface area contributed by atoms with Crippen LogP contribution >= 0.6 is 11.3 Å². The fraction of sp³-hybridized carbons (Fsp3) is 0.333. The Labute approximate surface area is 117 Å². The van der Waals surface area contributed by atoms with Crippen molar-refractivity contribution in [1.82, 2.24) is 0 Å². The molecule has 0 fully saturated rings. The van der Waals surface area contributed by atoms with E-state index < -0.39 is 6.10 Å². The van der Waals surface area contributed by atoms with Crippen molar-refractivity contribution in [3.8, 4) is 0 Å². The van der Waals surface area contributed by atoms with Crippen LogP contribution in [0.4, 0.5) is 10.1 Å². The van der Waals surface area contributed by atoms with Crippen LogP contribution in [0.5, 0.6) is 0 Å². The quantitative estimate of drug-likeness (QED) is 0.909. The molecule has 2 atom stereocenters. The third kappa shape index (κ3) is 2.80. The molecule has 0 saturated carbocycles. The molecule has 1 heterocycles. The van der Waals surface area contributed by atoms with Gasteiger partial charge in [-0.1, -0.05) is 18.2 Å². The van der Waals surface area contributed by atoms with E-state index in [1.165, 1.54) is 10.9 Å². The number of nitrogens with zero attached hydrogens (tertiary/aromatic N) is 1. The van der Waals surface area contributed by atoms with Gasteiger partial charge in [-0.05, 0) is 31.4 Å². The van der Waals surface area contributed by atoms with Gasteiger partial charge in [0.25, 0.3) is 0 Å². The molecular weight excluding hydrogens is 261 g/mol. The summed E-state index contributed by atoms with van der Waals surface area (Å²) >= 11 is 1.65. The number of hydrogen-bond donors (Lipinski definition) is 1. The molecule has 0 spiro atoms. The highest BCUT2D eigenvalue weighted by Gasteiger charge is 2.21. The molecule has 0 bridgehead atoms. The van der Waals surface area contributed by atoms with E-state index in [0.29, 0.717) is 11.3 Å². The Balaban J connectivity index is 2.41. The Morgan fingerprint density at radius 2 is 1.95 bits per heavy atom. The van der Waals surface area contributed by atoms with Crippen LogP contribution in [0.25, 0.3) is 0 Å². The lowest BCUT2D eigenvalue weighted by Gasteiger charge is -2.29. The zero-order valence-corrected chi connectivity index (χ0v) is 12.1. The van der Waals surface area contributed by atoms with E-state index in [2.05, 4.69) is 0 Å². The highest BCUT2D eigenvalue weighted by Crippen LogP contribution is 2.34. The van der Waals surface area contributed by atoms with Gasteiger partial charge in [-0.2, -0.15) is 0 Å². The summed E-state index contributed by atoms with van der Waals surface area (Å²) in [6.07, 6.45) is -0.691. The van der Waals surface area contributed by atoms with Crippen LogP contribution in [0.2, 0.25) is 0 Å². The molecule has 1 unspecified atom stereocenters. The van der Waals surface area contributed by atoms with Crippen LogP contribution in [0.1, 0.15) is 36.4 Å². The second-order valence-corrected chi connectivity index (χ2v) is 5.64. The lowest BCUT2D eigenvalue weighted by molar-refractivity contribution is 0.199. The van der Waals surface area contributed by atoms with Gasteiger partial charge in [0.05, 0.1) is 17.8 Å². The van der Waals surface area contributed by atoms with Crippen LogP contribution in [-0.4, -0.2) is 12.2 Å². The van der Waals surface area contributed by atoms with Crippen LogP contribution in [0, 0.1) is 5.82 Å². The summed E-state index contributed by atoms with van der Waals surface area (Å²) in [6, 6.07) is 8.91. The maximum atomic E-state index is 14.1. The number of aliphatic hydroxyl groups is 1. The first-order chi connectivity index (χ1) is 9.02. The number of benzene rings is 1. The van der Waals surface area contributed by atoms with E-state index in [1.54, 1.807) is 30.4 Å². The van der Waals surface area contributed by atoms with Crippen LogP contribution in [0.3, 0.4) is 0 Å². The second kappa shape index (κ2) is 5.72. The molecule has 1 aromatic carbocycles. The van der Waals surface area contributed by atoms with Crippen LogP contribution in [-0.2, 0) is 0 Å². The standard InChI is InChI=1S/C15H18FNOS/c1-10(14-8-5-9-19-14)17(3)15-12(11(2)18)6-4-7-13(15)16/h4-11,18H,1-3H3/t10?,11-/m0/s1. The summed E-state index contributed by atoms with van der Waals surface area (Å²) in [5, 5.41) is 11.8. The van der Waals surface area contributed by atoms with Crippen molar-refractivity contribution in [2.75, 3.05) is 11.9 Å². The van der Waals surface area contributed by atoms with Crippen molar-refractivity contribution in [2.45, 2.75) is 26.0 Å². The maximum absolute atomic E-state index is 14.1. The Morgan fingerprint density at radius 3 is 2.53 bits per heavy atom. The predicted molar refractivity (Wildman–Crippen MR) is 78.2 cm³/mol. The lowest BCUT2D eigenvalue weighted by atomic mass is 10.1. The van der Waals surface area contributed by atoms with E-state index in [-0.39, 0.29) is 11.9 Å². The van der Waals surface area contributed by atoms with Crippen molar-refractivity contribution >= 4 is 17.0 Å². The molecule has 1 aromatic heterocycles. The van der Waals surface area contributed by atoms with E-state index in [0.717, 1.165) is 0 Å². The largest absolute Gasteiger partial charge is 0.389 e. The monoisotopic (exact) mass is 279 g/mol. The molecule has 2 aromatic rings. The number of halogens is 1. The van der Waals surface area contributed by atoms with Crippen molar-refractivity contribution in [3.63, 3.8) is 0 Å². The molecule has 102 valence electrons. The van der Waals surface area contributed by atoms with Gasteiger partial charge in [-0.3, -0.25) is 0 Å². The number of hydrogen-bond acceptors (Lipinski definition) is 3. The van der Waals surface area contributed by atoms with Crippen molar-refractivity contribution in [2.24, 2.45) is 0 Å². The molecule has 4 heteroatoms. The average Bonchev–Trinajstić information content (AvgIpc) is 2.90. The summed E-state index contributed by atoms with van der Waals surface area (Å²) in [4.78, 5) is 3.05. The minimum Gasteiger partial charge on any atom is -0.389 e. The fourth-order valence-corrected chi connectivity index (χ4v) is 2.98. The molecule has 2 nitrogen and oxygen atoms in total. The number of rotatable bonds is 4. The van der Waals surface area contributed by atoms with Gasteiger partial charge in [0.15, 0.2) is 0 Å². The SMILES string of the molecule is CC(c1cccs1)N(C)c1c(F)cccc1[C@H](C)O. The normalized spacial score (nSPS) is 14.2. The molecule has 0 aliphatic rings. The molecule has 19 heavy (non-hydrogen) atoms. The third-order valence-electron chi connectivity index (χ3n) is 3.36. The Hall–Kier alpha value is -1.39. The summed E-state index contributed by atoms with van der Waals surface area (Å²) in [6.45, 7) is 3.69. The van der Waals surface area contributed by atoms with E-state index >= 15 is 0 Å². The van der Waals surface area contributed by atoms with Gasteiger partial charge < -0.3 is 10.0 Å². The van der Waals surface area contributed by atoms with Crippen molar-refractivity contribution < 1.29 is 9.50 Å². The number of thiophene rings is 1. The van der Waals surface area contributed by atoms with Gasteiger partial charge in [0, 0.05) is 17.5 Å². The van der Waals surface area contributed by atoms with Gasteiger partial charge in [-0.15, -0.1) is 11.3 Å². The Morgan fingerprint density at radius 1 is 1.21 bits per heavy atom. The second-order valence-electron chi connectivity index (χ2n) is 4.66. The minimum absolute atomic E-state index is 0.0643. The van der Waals surface area contributed by atoms with Crippen molar-refractivity contribution in [3.05, 3.63) is 52.0 Å². The fourth-order valence-electron chi connectivity index (χ4n) is 2.15. The Kier molecular flexibility index (Phi) is 4.22. The smallest absolute Gasteiger partial charge is 0.146 e. The average molecular weight is 279 g/mol. The predicted octanol–water partition coefficient (Wildman–Crippen LogP) is 4.14. The number of para-hydroxylation sites is 1. The molecule has 0 radical (unpaired) electrons. The van der Waals surface area contributed by atoms with Gasteiger partial charge >= 0.3 is 0 Å². The summed E-state index contributed by atoms with van der Waals surface area (Å²) in [5.41, 5.74) is 1.09. The molecule has 0 aliphatic carbocycles. The molecule has 0 saturated heterocycles. The van der Waals surface area contributed by atoms with Crippen LogP contribution < -0.4 is 4.90 Å². The van der Waals surface area contributed by atoms with E-state index in [4.69, 9.17) is 0 Å². The zero-order chi connectivity index (χ0) is 14.0. The van der Waals surface area contributed by atoms with Gasteiger partial charge in [-0.25, -0.2) is 4.39 Å². The van der Waals surface area contributed by atoms with Crippen LogP contribution in [0.15, 0.2) is 35.7 Å². The number of anilines is 1. The first-order valence-electron chi connectivity index (χ1n) is 6.25. The van der Waals surface area contributed by atoms with Gasteiger partial charge in [0.1, 0.15) is 5.82 Å². The topological polar surface area (TPSA) is 23.5 Å². The van der Waals surface area contributed by atoms with Crippen molar-refractivity contribution in [1.29, 1.82) is 0 Å².